The number of hydrogen-bond acceptors (Lipinski definition) is 1. The van der Waals surface area contributed by atoms with Gasteiger partial charge in [-0.2, -0.15) is 0 Å². The highest BCUT2D eigenvalue weighted by Crippen LogP contribution is 2.30. The van der Waals surface area contributed by atoms with Gasteiger partial charge in [0.2, 0.25) is 0 Å². The fraction of sp³-hybridized carbons (Fsp3) is 0.571. The summed E-state index contributed by atoms with van der Waals surface area (Å²) in [6, 6.07) is 6.94. The largest absolute Gasteiger partial charge is 0.310 e. The molecule has 0 aliphatic carbocycles. The van der Waals surface area contributed by atoms with Gasteiger partial charge in [0.15, 0.2) is 0 Å². The minimum atomic E-state index is 0.439. The zero-order valence-electron chi connectivity index (χ0n) is 10.8. The molecule has 1 aromatic rings. The van der Waals surface area contributed by atoms with Gasteiger partial charge in [-0.15, -0.1) is 0 Å². The molecule has 2 unspecified atom stereocenters. The van der Waals surface area contributed by atoms with Crippen LogP contribution in [0.3, 0.4) is 0 Å². The van der Waals surface area contributed by atoms with Crippen LogP contribution in [0.5, 0.6) is 0 Å². The predicted octanol–water partition coefficient (Wildman–Crippen LogP) is 5.30. The summed E-state index contributed by atoms with van der Waals surface area (Å²) in [6.07, 6.45) is 2.49. The van der Waals surface area contributed by atoms with Crippen molar-refractivity contribution in [3.05, 3.63) is 32.7 Å². The molecule has 3 heteroatoms. The molecule has 0 bridgehead atoms. The Morgan fingerprint density at radius 1 is 1.12 bits per heavy atom. The lowest BCUT2D eigenvalue weighted by molar-refractivity contribution is 0.369. The van der Waals surface area contributed by atoms with E-state index in [1.54, 1.807) is 0 Å². The minimum Gasteiger partial charge on any atom is -0.310 e. The number of hydrogen-bond donors (Lipinski definition) is 1. The molecule has 1 rings (SSSR count). The summed E-state index contributed by atoms with van der Waals surface area (Å²) in [5, 5.41) is 3.60. The van der Waals surface area contributed by atoms with Crippen LogP contribution in [-0.4, -0.2) is 6.54 Å². The lowest BCUT2D eigenvalue weighted by atomic mass is 9.91. The van der Waals surface area contributed by atoms with Crippen molar-refractivity contribution < 1.29 is 0 Å². The molecule has 0 saturated carbocycles. The second kappa shape index (κ2) is 7.55. The van der Waals surface area contributed by atoms with Gasteiger partial charge in [-0.1, -0.05) is 59.1 Å². The molecule has 1 aromatic carbocycles. The average molecular weight is 363 g/mol. The average Bonchev–Trinajstić information content (AvgIpc) is 2.24. The van der Waals surface area contributed by atoms with E-state index in [1.807, 2.05) is 0 Å². The summed E-state index contributed by atoms with van der Waals surface area (Å²) < 4.78 is 2.27. The summed E-state index contributed by atoms with van der Waals surface area (Å²) in [7, 11) is 0. The summed E-state index contributed by atoms with van der Waals surface area (Å²) in [6.45, 7) is 7.74. The fourth-order valence-electron chi connectivity index (χ4n) is 2.24. The number of nitrogens with one attached hydrogen (secondary N) is 1. The molecule has 0 spiro atoms. The highest BCUT2D eigenvalue weighted by molar-refractivity contribution is 9.11. The smallest absolute Gasteiger partial charge is 0.0346 e. The van der Waals surface area contributed by atoms with Crippen molar-refractivity contribution >= 4 is 31.9 Å². The Balaban J connectivity index is 2.95. The Kier molecular flexibility index (Phi) is 6.75. The Labute approximate surface area is 122 Å². The van der Waals surface area contributed by atoms with E-state index < -0.39 is 0 Å². The standard InChI is InChI=1S/C14H21Br2N/c1-4-6-10(3)14(17-5-2)11-7-12(15)9-13(16)8-11/h7-10,14,17H,4-6H2,1-3H3. The maximum Gasteiger partial charge on any atom is 0.0346 e. The molecule has 1 nitrogen and oxygen atoms in total. The quantitative estimate of drug-likeness (QED) is 0.724. The first-order valence-electron chi connectivity index (χ1n) is 6.27. The Bertz CT molecular complexity index is 332. The highest BCUT2D eigenvalue weighted by atomic mass is 79.9. The van der Waals surface area contributed by atoms with Gasteiger partial charge in [0.1, 0.15) is 0 Å². The third-order valence-corrected chi connectivity index (χ3v) is 3.90. The molecule has 0 aromatic heterocycles. The molecule has 96 valence electrons. The molecular formula is C14H21Br2N. The SMILES string of the molecule is CCCC(C)C(NCC)c1cc(Br)cc(Br)c1. The van der Waals surface area contributed by atoms with Crippen molar-refractivity contribution in [3.8, 4) is 0 Å². The molecule has 2 atom stereocenters. The first-order chi connectivity index (χ1) is 8.08. The minimum absolute atomic E-state index is 0.439. The summed E-state index contributed by atoms with van der Waals surface area (Å²) in [5.41, 5.74) is 1.36. The molecule has 0 amide bonds. The van der Waals surface area contributed by atoms with E-state index in [-0.39, 0.29) is 0 Å². The molecule has 0 radical (unpaired) electrons. The molecule has 0 aliphatic heterocycles. The van der Waals surface area contributed by atoms with Gasteiger partial charge in [0.05, 0.1) is 0 Å². The molecule has 1 N–H and O–H groups in total. The van der Waals surface area contributed by atoms with Crippen LogP contribution in [0.25, 0.3) is 0 Å². The number of benzene rings is 1. The maximum atomic E-state index is 3.60. The molecule has 0 heterocycles. The predicted molar refractivity (Wildman–Crippen MR) is 82.3 cm³/mol. The molecule has 0 aliphatic rings. The van der Waals surface area contributed by atoms with Crippen LogP contribution in [0.2, 0.25) is 0 Å². The Morgan fingerprint density at radius 3 is 2.18 bits per heavy atom. The normalized spacial score (nSPS) is 14.6. The van der Waals surface area contributed by atoms with Crippen molar-refractivity contribution in [2.45, 2.75) is 39.7 Å². The Morgan fingerprint density at radius 2 is 1.71 bits per heavy atom. The van der Waals surface area contributed by atoms with Gasteiger partial charge in [0.25, 0.3) is 0 Å². The lowest BCUT2D eigenvalue weighted by Crippen LogP contribution is -2.26. The topological polar surface area (TPSA) is 12.0 Å². The third kappa shape index (κ3) is 4.72. The van der Waals surface area contributed by atoms with Crippen molar-refractivity contribution in [3.63, 3.8) is 0 Å². The van der Waals surface area contributed by atoms with Crippen LogP contribution in [0.4, 0.5) is 0 Å². The van der Waals surface area contributed by atoms with Gasteiger partial charge in [-0.3, -0.25) is 0 Å². The fourth-order valence-corrected chi connectivity index (χ4v) is 3.57. The van der Waals surface area contributed by atoms with Gasteiger partial charge in [-0.05, 0) is 42.6 Å². The zero-order valence-corrected chi connectivity index (χ0v) is 13.9. The summed E-state index contributed by atoms with van der Waals surface area (Å²) in [5.74, 6) is 0.654. The molecule has 17 heavy (non-hydrogen) atoms. The summed E-state index contributed by atoms with van der Waals surface area (Å²) >= 11 is 7.13. The van der Waals surface area contributed by atoms with Crippen LogP contribution < -0.4 is 5.32 Å². The van der Waals surface area contributed by atoms with Gasteiger partial charge in [-0.25, -0.2) is 0 Å². The van der Waals surface area contributed by atoms with Gasteiger partial charge >= 0.3 is 0 Å². The second-order valence-electron chi connectivity index (χ2n) is 4.50. The molecular weight excluding hydrogens is 342 g/mol. The van der Waals surface area contributed by atoms with Gasteiger partial charge < -0.3 is 5.32 Å². The van der Waals surface area contributed by atoms with Crippen LogP contribution in [0.1, 0.15) is 45.2 Å². The first-order valence-corrected chi connectivity index (χ1v) is 7.86. The van der Waals surface area contributed by atoms with E-state index in [0.717, 1.165) is 15.5 Å². The van der Waals surface area contributed by atoms with E-state index >= 15 is 0 Å². The highest BCUT2D eigenvalue weighted by Gasteiger charge is 2.18. The van der Waals surface area contributed by atoms with Crippen LogP contribution in [-0.2, 0) is 0 Å². The molecule has 0 fully saturated rings. The van der Waals surface area contributed by atoms with Crippen LogP contribution >= 0.6 is 31.9 Å². The lowest BCUT2D eigenvalue weighted by Gasteiger charge is -2.25. The van der Waals surface area contributed by atoms with E-state index in [9.17, 15) is 0 Å². The van der Waals surface area contributed by atoms with Crippen LogP contribution in [0, 0.1) is 5.92 Å². The molecule has 0 saturated heterocycles. The maximum absolute atomic E-state index is 3.60. The number of halogens is 2. The van der Waals surface area contributed by atoms with E-state index in [1.165, 1.54) is 18.4 Å². The number of rotatable bonds is 6. The second-order valence-corrected chi connectivity index (χ2v) is 6.34. The zero-order chi connectivity index (χ0) is 12.8. The van der Waals surface area contributed by atoms with Gasteiger partial charge in [0, 0.05) is 15.0 Å². The van der Waals surface area contributed by atoms with E-state index in [2.05, 4.69) is 76.1 Å². The van der Waals surface area contributed by atoms with Crippen molar-refractivity contribution in [1.29, 1.82) is 0 Å². The van der Waals surface area contributed by atoms with Crippen LogP contribution in [0.15, 0.2) is 27.1 Å². The van der Waals surface area contributed by atoms with Crippen molar-refractivity contribution in [2.75, 3.05) is 6.54 Å². The van der Waals surface area contributed by atoms with E-state index in [4.69, 9.17) is 0 Å². The Hall–Kier alpha value is 0.140. The monoisotopic (exact) mass is 361 g/mol. The van der Waals surface area contributed by atoms with E-state index in [0.29, 0.717) is 12.0 Å². The third-order valence-electron chi connectivity index (χ3n) is 2.98. The summed E-state index contributed by atoms with van der Waals surface area (Å²) in [4.78, 5) is 0. The van der Waals surface area contributed by atoms with Crippen molar-refractivity contribution in [2.24, 2.45) is 5.92 Å². The first kappa shape index (κ1) is 15.2. The van der Waals surface area contributed by atoms with Crippen molar-refractivity contribution in [1.82, 2.24) is 5.32 Å².